The molecule has 1 radical (unpaired) electrons. The summed E-state index contributed by atoms with van der Waals surface area (Å²) in [4.78, 5) is 0. The lowest BCUT2D eigenvalue weighted by Gasteiger charge is -2.09. The zero-order valence-electron chi connectivity index (χ0n) is 7.96. The number of nitrogens with zero attached hydrogens (tertiary/aromatic N) is 1. The van der Waals surface area contributed by atoms with Crippen molar-refractivity contribution in [2.75, 3.05) is 0 Å². The molecule has 0 aliphatic heterocycles. The highest BCUT2D eigenvalue weighted by Gasteiger charge is 2.03. The minimum absolute atomic E-state index is 0.547. The van der Waals surface area contributed by atoms with Gasteiger partial charge in [-0.3, -0.25) is 0 Å². The number of benzene rings is 1. The summed E-state index contributed by atoms with van der Waals surface area (Å²) in [6.45, 7) is 6.02. The highest BCUT2D eigenvalue weighted by Crippen LogP contribution is 2.20. The van der Waals surface area contributed by atoms with Gasteiger partial charge in [-0.1, -0.05) is 32.4 Å². The van der Waals surface area contributed by atoms with Crippen LogP contribution in [0.25, 0.3) is 0 Å². The van der Waals surface area contributed by atoms with Crippen LogP contribution >= 0.6 is 0 Å². The molecule has 1 nitrogen and oxygen atoms in total. The van der Waals surface area contributed by atoms with Crippen molar-refractivity contribution in [2.45, 2.75) is 25.7 Å². The Hall–Kier alpha value is -1.29. The molecule has 0 N–H and O–H groups in total. The Morgan fingerprint density at radius 1 is 1.38 bits per heavy atom. The minimum atomic E-state index is 0.547. The van der Waals surface area contributed by atoms with Crippen LogP contribution in [-0.2, 0) is 0 Å². The monoisotopic (exact) mass is 172 g/mol. The Kier molecular flexibility index (Phi) is 3.52. The molecule has 0 bridgehead atoms. The van der Waals surface area contributed by atoms with Crippen LogP contribution < -0.4 is 0 Å². The summed E-state index contributed by atoms with van der Waals surface area (Å²) in [7, 11) is 0. The van der Waals surface area contributed by atoms with Crippen molar-refractivity contribution in [1.29, 1.82) is 5.26 Å². The summed E-state index contributed by atoms with van der Waals surface area (Å²) in [6.07, 6.45) is 2.06. The van der Waals surface area contributed by atoms with E-state index in [0.29, 0.717) is 5.92 Å². The molecule has 1 unspecified atom stereocenters. The van der Waals surface area contributed by atoms with E-state index in [1.165, 1.54) is 5.56 Å². The fourth-order valence-corrected chi connectivity index (χ4v) is 1.36. The van der Waals surface area contributed by atoms with Crippen molar-refractivity contribution in [3.63, 3.8) is 0 Å². The largest absolute Gasteiger partial charge is 0.192 e. The SMILES string of the molecule is [CH2]CCC(C)c1ccc(C#N)cc1. The number of hydrogen-bond donors (Lipinski definition) is 0. The summed E-state index contributed by atoms with van der Waals surface area (Å²) < 4.78 is 0. The molecule has 67 valence electrons. The van der Waals surface area contributed by atoms with E-state index < -0.39 is 0 Å². The van der Waals surface area contributed by atoms with Gasteiger partial charge in [0.15, 0.2) is 0 Å². The predicted octanol–water partition coefficient (Wildman–Crippen LogP) is 3.28. The molecule has 0 aliphatic rings. The molecule has 1 aromatic carbocycles. The molecule has 0 aromatic heterocycles. The molecule has 0 amide bonds. The van der Waals surface area contributed by atoms with Gasteiger partial charge >= 0.3 is 0 Å². The second-order valence-electron chi connectivity index (χ2n) is 3.28. The van der Waals surface area contributed by atoms with Gasteiger partial charge < -0.3 is 0 Å². The molecule has 1 aromatic rings. The highest BCUT2D eigenvalue weighted by atomic mass is 14.2. The second kappa shape index (κ2) is 4.67. The van der Waals surface area contributed by atoms with Gasteiger partial charge in [0.2, 0.25) is 0 Å². The van der Waals surface area contributed by atoms with Crippen LogP contribution in [0.3, 0.4) is 0 Å². The fourth-order valence-electron chi connectivity index (χ4n) is 1.36. The Bertz CT molecular complexity index is 292. The third-order valence-corrected chi connectivity index (χ3v) is 2.25. The Labute approximate surface area is 80.0 Å². The van der Waals surface area contributed by atoms with Crippen molar-refractivity contribution >= 4 is 0 Å². The third-order valence-electron chi connectivity index (χ3n) is 2.25. The Morgan fingerprint density at radius 2 is 2.00 bits per heavy atom. The molecule has 0 fully saturated rings. The first-order chi connectivity index (χ1) is 6.27. The van der Waals surface area contributed by atoms with E-state index in [0.717, 1.165) is 18.4 Å². The maximum absolute atomic E-state index is 8.61. The van der Waals surface area contributed by atoms with E-state index >= 15 is 0 Å². The number of nitriles is 1. The van der Waals surface area contributed by atoms with Gasteiger partial charge in [-0.2, -0.15) is 5.26 Å². The molecule has 1 atom stereocenters. The number of hydrogen-bond acceptors (Lipinski definition) is 1. The molecule has 0 heterocycles. The van der Waals surface area contributed by atoms with Crippen molar-refractivity contribution < 1.29 is 0 Å². The van der Waals surface area contributed by atoms with E-state index in [4.69, 9.17) is 5.26 Å². The maximum Gasteiger partial charge on any atom is 0.0991 e. The van der Waals surface area contributed by atoms with Crippen LogP contribution in [0.5, 0.6) is 0 Å². The predicted molar refractivity (Wildman–Crippen MR) is 54.2 cm³/mol. The normalized spacial score (nSPS) is 12.1. The molecule has 0 saturated heterocycles. The molecular weight excluding hydrogens is 158 g/mol. The van der Waals surface area contributed by atoms with E-state index in [-0.39, 0.29) is 0 Å². The summed E-state index contributed by atoms with van der Waals surface area (Å²) >= 11 is 0. The smallest absolute Gasteiger partial charge is 0.0991 e. The van der Waals surface area contributed by atoms with E-state index in [9.17, 15) is 0 Å². The second-order valence-corrected chi connectivity index (χ2v) is 3.28. The van der Waals surface area contributed by atoms with Crippen LogP contribution in [0.1, 0.15) is 36.8 Å². The first kappa shape index (κ1) is 9.80. The van der Waals surface area contributed by atoms with E-state index in [2.05, 4.69) is 19.9 Å². The first-order valence-corrected chi connectivity index (χ1v) is 4.57. The number of rotatable bonds is 3. The standard InChI is InChI=1S/C12H14N/c1-3-4-10(2)12-7-5-11(9-13)6-8-12/h5-8,10H,1,3-4H2,2H3. The van der Waals surface area contributed by atoms with E-state index in [1.807, 2.05) is 24.3 Å². The lowest BCUT2D eigenvalue weighted by atomic mass is 9.96. The van der Waals surface area contributed by atoms with Crippen molar-refractivity contribution in [2.24, 2.45) is 0 Å². The molecule has 1 heteroatoms. The van der Waals surface area contributed by atoms with Crippen LogP contribution in [0, 0.1) is 18.3 Å². The summed E-state index contributed by atoms with van der Waals surface area (Å²) in [5.41, 5.74) is 2.02. The molecule has 13 heavy (non-hydrogen) atoms. The Balaban J connectivity index is 2.75. The summed E-state index contributed by atoms with van der Waals surface area (Å²) in [6, 6.07) is 9.91. The van der Waals surface area contributed by atoms with Gasteiger partial charge in [0.25, 0.3) is 0 Å². The Morgan fingerprint density at radius 3 is 2.46 bits per heavy atom. The highest BCUT2D eigenvalue weighted by molar-refractivity contribution is 5.32. The molecule has 1 rings (SSSR count). The summed E-state index contributed by atoms with van der Waals surface area (Å²) in [5, 5.41) is 8.61. The van der Waals surface area contributed by atoms with Crippen molar-refractivity contribution in [3.8, 4) is 6.07 Å². The average molecular weight is 172 g/mol. The van der Waals surface area contributed by atoms with Gasteiger partial charge in [-0.25, -0.2) is 0 Å². The first-order valence-electron chi connectivity index (χ1n) is 4.57. The van der Waals surface area contributed by atoms with Gasteiger partial charge in [-0.15, -0.1) is 0 Å². The molecule has 0 saturated carbocycles. The van der Waals surface area contributed by atoms with Gasteiger partial charge in [0.05, 0.1) is 11.6 Å². The topological polar surface area (TPSA) is 23.8 Å². The minimum Gasteiger partial charge on any atom is -0.192 e. The average Bonchev–Trinajstić information content (AvgIpc) is 2.18. The molecule has 0 aliphatic carbocycles. The van der Waals surface area contributed by atoms with Crippen LogP contribution in [0.15, 0.2) is 24.3 Å². The van der Waals surface area contributed by atoms with Crippen LogP contribution in [0.4, 0.5) is 0 Å². The summed E-state index contributed by atoms with van der Waals surface area (Å²) in [5.74, 6) is 0.547. The van der Waals surface area contributed by atoms with Crippen LogP contribution in [0.2, 0.25) is 0 Å². The fraction of sp³-hybridized carbons (Fsp3) is 0.333. The van der Waals surface area contributed by atoms with Crippen molar-refractivity contribution in [3.05, 3.63) is 42.3 Å². The van der Waals surface area contributed by atoms with Gasteiger partial charge in [-0.05, 0) is 30.0 Å². The zero-order valence-corrected chi connectivity index (χ0v) is 7.96. The van der Waals surface area contributed by atoms with E-state index in [1.54, 1.807) is 0 Å². The van der Waals surface area contributed by atoms with Gasteiger partial charge in [0, 0.05) is 0 Å². The van der Waals surface area contributed by atoms with Crippen LogP contribution in [-0.4, -0.2) is 0 Å². The maximum atomic E-state index is 8.61. The zero-order chi connectivity index (χ0) is 9.68. The molecule has 0 spiro atoms. The molecular formula is C12H14N. The lowest BCUT2D eigenvalue weighted by Crippen LogP contribution is -1.92. The lowest BCUT2D eigenvalue weighted by molar-refractivity contribution is 0.689. The quantitative estimate of drug-likeness (QED) is 0.686. The van der Waals surface area contributed by atoms with Gasteiger partial charge in [0.1, 0.15) is 0 Å². The third kappa shape index (κ3) is 2.59. The van der Waals surface area contributed by atoms with Crippen molar-refractivity contribution in [1.82, 2.24) is 0 Å².